The molecule has 0 amide bonds. The summed E-state index contributed by atoms with van der Waals surface area (Å²) in [6.45, 7) is 8.33. The Morgan fingerprint density at radius 2 is 1.17 bits per heavy atom. The van der Waals surface area contributed by atoms with Crippen LogP contribution in [0.1, 0.15) is 174 Å². The molecule has 3 aromatic carbocycles. The van der Waals surface area contributed by atoms with Crippen molar-refractivity contribution in [3.8, 4) is 22.6 Å². The fourth-order valence-electron chi connectivity index (χ4n) is 8.80. The molecule has 0 heterocycles. The zero-order valence-corrected chi connectivity index (χ0v) is 36.3. The van der Waals surface area contributed by atoms with Crippen LogP contribution in [0.25, 0.3) is 11.1 Å². The van der Waals surface area contributed by atoms with Crippen LogP contribution in [0.15, 0.2) is 79.4 Å². The van der Waals surface area contributed by atoms with Crippen LogP contribution in [0.2, 0.25) is 0 Å². The van der Waals surface area contributed by atoms with Crippen LogP contribution in [0, 0.1) is 17.8 Å². The summed E-state index contributed by atoms with van der Waals surface area (Å²) in [5, 5.41) is 0. The Morgan fingerprint density at radius 1 is 0.600 bits per heavy atom. The van der Waals surface area contributed by atoms with Gasteiger partial charge in [0, 0.05) is 6.08 Å². The lowest BCUT2D eigenvalue weighted by atomic mass is 9.77. The number of hydrogen-bond donors (Lipinski definition) is 0. The van der Waals surface area contributed by atoms with E-state index in [4.69, 9.17) is 18.9 Å². The summed E-state index contributed by atoms with van der Waals surface area (Å²) in [5.74, 6) is 0.161. The second kappa shape index (κ2) is 25.1. The molecule has 0 N–H and O–H groups in total. The van der Waals surface area contributed by atoms with Crippen molar-refractivity contribution < 1.29 is 38.1 Å². The molecule has 8 heteroatoms. The molecule has 0 unspecified atom stereocenters. The maximum absolute atomic E-state index is 13.5. The van der Waals surface area contributed by atoms with Gasteiger partial charge in [-0.25, -0.2) is 14.4 Å². The molecule has 0 saturated heterocycles. The fraction of sp³-hybridized carbons (Fsp3) is 0.538. The SMILES string of the molecule is C=CC(=O)OCCCCCCOC(=O)c1cc(OC(=O)C2CCC(CCCCC)CC2)ccc1OC(=O)c1ccc(-c2ccc(C3CCC(CCCCC)CC3)cc2)cc1. The third-order valence-electron chi connectivity index (χ3n) is 12.6. The molecular formula is C52H68O8. The van der Waals surface area contributed by atoms with Gasteiger partial charge < -0.3 is 18.9 Å². The van der Waals surface area contributed by atoms with Crippen LogP contribution in [0.3, 0.4) is 0 Å². The molecule has 2 aliphatic rings. The van der Waals surface area contributed by atoms with Gasteiger partial charge in [0.2, 0.25) is 0 Å². The molecule has 0 atom stereocenters. The second-order valence-corrected chi connectivity index (χ2v) is 17.0. The number of esters is 4. The highest BCUT2D eigenvalue weighted by atomic mass is 16.6. The molecule has 0 aromatic heterocycles. The van der Waals surface area contributed by atoms with Gasteiger partial charge >= 0.3 is 23.9 Å². The largest absolute Gasteiger partial charge is 0.463 e. The molecule has 3 aromatic rings. The Morgan fingerprint density at radius 3 is 1.75 bits per heavy atom. The van der Waals surface area contributed by atoms with Crippen LogP contribution in [-0.2, 0) is 19.1 Å². The third-order valence-corrected chi connectivity index (χ3v) is 12.6. The minimum atomic E-state index is -0.679. The summed E-state index contributed by atoms with van der Waals surface area (Å²) in [6.07, 6.45) is 23.0. The summed E-state index contributed by atoms with van der Waals surface area (Å²) in [7, 11) is 0. The fourth-order valence-corrected chi connectivity index (χ4v) is 8.80. The van der Waals surface area contributed by atoms with E-state index < -0.39 is 17.9 Å². The first-order valence-electron chi connectivity index (χ1n) is 23.0. The Balaban J connectivity index is 1.18. The van der Waals surface area contributed by atoms with E-state index in [1.807, 2.05) is 12.1 Å². The Labute approximate surface area is 358 Å². The monoisotopic (exact) mass is 820 g/mol. The van der Waals surface area contributed by atoms with Gasteiger partial charge in [-0.3, -0.25) is 4.79 Å². The van der Waals surface area contributed by atoms with Crippen LogP contribution in [-0.4, -0.2) is 37.1 Å². The Kier molecular flexibility index (Phi) is 19.4. The van der Waals surface area contributed by atoms with E-state index in [-0.39, 0.29) is 35.6 Å². The highest BCUT2D eigenvalue weighted by molar-refractivity contribution is 5.97. The zero-order valence-electron chi connectivity index (χ0n) is 36.3. The smallest absolute Gasteiger partial charge is 0.343 e. The number of carbonyl (C=O) groups excluding carboxylic acids is 4. The van der Waals surface area contributed by atoms with Gasteiger partial charge in [0.25, 0.3) is 0 Å². The number of carbonyl (C=O) groups is 4. The van der Waals surface area contributed by atoms with Gasteiger partial charge in [-0.15, -0.1) is 0 Å². The van der Waals surface area contributed by atoms with Crippen molar-refractivity contribution in [3.05, 3.63) is 96.1 Å². The topological polar surface area (TPSA) is 105 Å². The standard InChI is InChI=1S/C52H68O8/c1-4-7-11-15-38-17-21-40(22-18-38)41-25-27-42(28-26-41)43-29-31-45(32-30-43)51(55)60-48-34-33-46(59-50(54)44-23-19-39(20-24-44)16-12-8-5-2)37-47(48)52(56)58-36-14-10-9-13-35-57-49(53)6-3/h6,25-34,37-40,44H,3-5,7-24,35-36H2,1-2H3. The summed E-state index contributed by atoms with van der Waals surface area (Å²) in [5.41, 5.74) is 3.83. The molecule has 2 fully saturated rings. The van der Waals surface area contributed by atoms with E-state index in [0.29, 0.717) is 36.8 Å². The van der Waals surface area contributed by atoms with Crippen LogP contribution < -0.4 is 9.47 Å². The molecule has 0 spiro atoms. The Bertz CT molecular complexity index is 1800. The van der Waals surface area contributed by atoms with E-state index in [2.05, 4.69) is 44.7 Å². The molecule has 2 aliphatic carbocycles. The average Bonchev–Trinajstić information content (AvgIpc) is 3.28. The van der Waals surface area contributed by atoms with Gasteiger partial charge in [0.1, 0.15) is 17.1 Å². The van der Waals surface area contributed by atoms with Crippen molar-refractivity contribution >= 4 is 23.9 Å². The van der Waals surface area contributed by atoms with Gasteiger partial charge in [0.05, 0.1) is 24.7 Å². The molecular weight excluding hydrogens is 753 g/mol. The van der Waals surface area contributed by atoms with Crippen molar-refractivity contribution in [2.75, 3.05) is 13.2 Å². The predicted molar refractivity (Wildman–Crippen MR) is 237 cm³/mol. The Hall–Kier alpha value is -4.72. The van der Waals surface area contributed by atoms with Crippen LogP contribution in [0.5, 0.6) is 11.5 Å². The van der Waals surface area contributed by atoms with Crippen molar-refractivity contribution in [1.29, 1.82) is 0 Å². The first-order valence-corrected chi connectivity index (χ1v) is 23.0. The quantitative estimate of drug-likeness (QED) is 0.0403. The zero-order chi connectivity index (χ0) is 42.5. The second-order valence-electron chi connectivity index (χ2n) is 17.0. The van der Waals surface area contributed by atoms with E-state index in [0.717, 1.165) is 61.6 Å². The van der Waals surface area contributed by atoms with Crippen molar-refractivity contribution in [1.82, 2.24) is 0 Å². The summed E-state index contributed by atoms with van der Waals surface area (Å²) in [4.78, 5) is 51.4. The normalized spacial score (nSPS) is 18.9. The lowest BCUT2D eigenvalue weighted by Gasteiger charge is -2.29. The van der Waals surface area contributed by atoms with Crippen molar-refractivity contribution in [2.45, 2.75) is 148 Å². The number of unbranched alkanes of at least 4 members (excludes halogenated alkanes) is 7. The minimum Gasteiger partial charge on any atom is -0.463 e. The highest BCUT2D eigenvalue weighted by Gasteiger charge is 2.29. The van der Waals surface area contributed by atoms with E-state index in [1.54, 1.807) is 18.2 Å². The van der Waals surface area contributed by atoms with Gasteiger partial charge in [-0.1, -0.05) is 108 Å². The van der Waals surface area contributed by atoms with Gasteiger partial charge in [-0.05, 0) is 142 Å². The molecule has 60 heavy (non-hydrogen) atoms. The van der Waals surface area contributed by atoms with Gasteiger partial charge in [-0.2, -0.15) is 0 Å². The average molecular weight is 821 g/mol. The molecule has 0 bridgehead atoms. The lowest BCUT2D eigenvalue weighted by Crippen LogP contribution is -2.25. The van der Waals surface area contributed by atoms with Crippen LogP contribution >= 0.6 is 0 Å². The molecule has 8 nitrogen and oxygen atoms in total. The number of benzene rings is 3. The minimum absolute atomic E-state index is 0.00584. The molecule has 324 valence electrons. The maximum Gasteiger partial charge on any atom is 0.343 e. The van der Waals surface area contributed by atoms with Crippen molar-refractivity contribution in [2.24, 2.45) is 17.8 Å². The van der Waals surface area contributed by atoms with E-state index >= 15 is 0 Å². The predicted octanol–water partition coefficient (Wildman–Crippen LogP) is 13.2. The van der Waals surface area contributed by atoms with Crippen molar-refractivity contribution in [3.63, 3.8) is 0 Å². The number of hydrogen-bond acceptors (Lipinski definition) is 8. The van der Waals surface area contributed by atoms with E-state index in [9.17, 15) is 19.2 Å². The lowest BCUT2D eigenvalue weighted by molar-refractivity contribution is -0.140. The molecule has 0 radical (unpaired) electrons. The number of rotatable bonds is 23. The third kappa shape index (κ3) is 14.8. The first-order chi connectivity index (χ1) is 29.3. The summed E-state index contributed by atoms with van der Waals surface area (Å²) >= 11 is 0. The highest BCUT2D eigenvalue weighted by Crippen LogP contribution is 2.39. The molecule has 2 saturated carbocycles. The molecule has 5 rings (SSSR count). The maximum atomic E-state index is 13.5. The summed E-state index contributed by atoms with van der Waals surface area (Å²) in [6, 6.07) is 20.6. The summed E-state index contributed by atoms with van der Waals surface area (Å²) < 4.78 is 22.3. The molecule has 0 aliphatic heterocycles. The number of ether oxygens (including phenoxy) is 4. The van der Waals surface area contributed by atoms with Crippen LogP contribution in [0.4, 0.5) is 0 Å². The van der Waals surface area contributed by atoms with E-state index in [1.165, 1.54) is 94.7 Å². The van der Waals surface area contributed by atoms with Gasteiger partial charge in [0.15, 0.2) is 0 Å². The first kappa shape index (κ1) is 46.3.